The average Bonchev–Trinajstić information content (AvgIpc) is 3.04. The van der Waals surface area contributed by atoms with Crippen molar-refractivity contribution >= 4 is 11.7 Å². The van der Waals surface area contributed by atoms with Crippen LogP contribution in [0.4, 0.5) is 9.18 Å². The maximum absolute atomic E-state index is 13.3. The molecule has 0 saturated carbocycles. The minimum absolute atomic E-state index is 0.173. The zero-order valence-corrected chi connectivity index (χ0v) is 14.1. The number of halogens is 1. The summed E-state index contributed by atoms with van der Waals surface area (Å²) in [5, 5.41) is 0. The van der Waals surface area contributed by atoms with Gasteiger partial charge in [0.25, 0.3) is 0 Å². The molecule has 1 fully saturated rings. The second-order valence-corrected chi connectivity index (χ2v) is 7.41. The third-order valence-electron chi connectivity index (χ3n) is 4.44. The highest BCUT2D eigenvalue weighted by atomic mass is 19.1. The first kappa shape index (κ1) is 16.0. The summed E-state index contributed by atoms with van der Waals surface area (Å²) >= 11 is 0. The Bertz CT molecular complexity index is 645. The van der Waals surface area contributed by atoms with Crippen molar-refractivity contribution in [3.63, 3.8) is 0 Å². The van der Waals surface area contributed by atoms with Crippen molar-refractivity contribution in [1.29, 1.82) is 0 Å². The summed E-state index contributed by atoms with van der Waals surface area (Å²) in [5.74, 6) is -0.186. The number of likely N-dealkylation sites (tertiary alicyclic amines) is 1. The summed E-state index contributed by atoms with van der Waals surface area (Å²) in [5.41, 5.74) is 2.92. The lowest BCUT2D eigenvalue weighted by molar-refractivity contribution is 0.0230. The Morgan fingerprint density at radius 2 is 2.17 bits per heavy atom. The monoisotopic (exact) mass is 317 g/mol. The fourth-order valence-corrected chi connectivity index (χ4v) is 3.44. The second-order valence-electron chi connectivity index (χ2n) is 7.41. The first-order valence-electron chi connectivity index (χ1n) is 8.31. The van der Waals surface area contributed by atoms with Gasteiger partial charge in [-0.15, -0.1) is 0 Å². The molecule has 1 aromatic carbocycles. The van der Waals surface area contributed by atoms with Crippen molar-refractivity contribution in [2.24, 2.45) is 0 Å². The van der Waals surface area contributed by atoms with E-state index >= 15 is 0 Å². The molecular formula is C19H24FNO2. The van der Waals surface area contributed by atoms with Crippen molar-refractivity contribution in [2.75, 3.05) is 6.54 Å². The third-order valence-corrected chi connectivity index (χ3v) is 4.44. The highest BCUT2D eigenvalue weighted by Gasteiger charge is 2.33. The van der Waals surface area contributed by atoms with Crippen molar-refractivity contribution in [1.82, 2.24) is 4.90 Å². The van der Waals surface area contributed by atoms with Crippen molar-refractivity contribution in [3.05, 3.63) is 41.2 Å². The topological polar surface area (TPSA) is 29.5 Å². The van der Waals surface area contributed by atoms with Crippen LogP contribution < -0.4 is 0 Å². The summed E-state index contributed by atoms with van der Waals surface area (Å²) < 4.78 is 18.8. The number of ether oxygens (including phenoxy) is 1. The Hall–Kier alpha value is -1.84. The normalized spacial score (nSPS) is 20.4. The van der Waals surface area contributed by atoms with Gasteiger partial charge in [0.05, 0.1) is 0 Å². The molecular weight excluding hydrogens is 293 g/mol. The lowest BCUT2D eigenvalue weighted by Gasteiger charge is -2.29. The molecule has 0 N–H and O–H groups in total. The summed E-state index contributed by atoms with van der Waals surface area (Å²) in [6, 6.07) is 5.15. The summed E-state index contributed by atoms with van der Waals surface area (Å²) in [7, 11) is 0. The average molecular weight is 317 g/mol. The lowest BCUT2D eigenvalue weighted by atomic mass is 9.98. The number of carbonyl (C=O) groups excluding carboxylic acids is 1. The molecule has 0 unspecified atom stereocenters. The molecule has 23 heavy (non-hydrogen) atoms. The van der Waals surface area contributed by atoms with Gasteiger partial charge in [0.1, 0.15) is 11.4 Å². The van der Waals surface area contributed by atoms with E-state index in [0.717, 1.165) is 43.4 Å². The third kappa shape index (κ3) is 3.57. The number of amides is 1. The van der Waals surface area contributed by atoms with Crippen molar-refractivity contribution < 1.29 is 13.9 Å². The van der Waals surface area contributed by atoms with E-state index < -0.39 is 5.60 Å². The van der Waals surface area contributed by atoms with Crippen LogP contribution in [-0.2, 0) is 11.2 Å². The van der Waals surface area contributed by atoms with Gasteiger partial charge < -0.3 is 9.64 Å². The Morgan fingerprint density at radius 1 is 1.39 bits per heavy atom. The van der Waals surface area contributed by atoms with Crippen LogP contribution in [0.15, 0.2) is 24.3 Å². The minimum atomic E-state index is -0.471. The Morgan fingerprint density at radius 3 is 2.91 bits per heavy atom. The number of hydrogen-bond donors (Lipinski definition) is 0. The molecule has 4 heteroatoms. The van der Waals surface area contributed by atoms with Crippen LogP contribution >= 0.6 is 0 Å². The Kier molecular flexibility index (Phi) is 4.17. The summed E-state index contributed by atoms with van der Waals surface area (Å²) in [4.78, 5) is 14.2. The quantitative estimate of drug-likeness (QED) is 0.800. The number of allylic oxidation sites excluding steroid dienone is 1. The highest BCUT2D eigenvalue weighted by Crippen LogP contribution is 2.35. The van der Waals surface area contributed by atoms with Gasteiger partial charge in [-0.1, -0.05) is 12.1 Å². The predicted molar refractivity (Wildman–Crippen MR) is 88.7 cm³/mol. The Labute approximate surface area is 137 Å². The molecule has 1 aliphatic carbocycles. The van der Waals surface area contributed by atoms with Gasteiger partial charge in [-0.3, -0.25) is 0 Å². The molecule has 1 atom stereocenters. The van der Waals surface area contributed by atoms with Crippen LogP contribution in [-0.4, -0.2) is 29.2 Å². The lowest BCUT2D eigenvalue weighted by Crippen LogP contribution is -2.39. The number of nitrogens with zero attached hydrogens (tertiary/aromatic N) is 1. The molecule has 124 valence electrons. The number of carbonyl (C=O) groups is 1. The largest absolute Gasteiger partial charge is 0.444 e. The van der Waals surface area contributed by atoms with Crippen LogP contribution in [0.25, 0.3) is 5.57 Å². The van der Waals surface area contributed by atoms with E-state index in [2.05, 4.69) is 6.08 Å². The molecule has 3 rings (SSSR count). The van der Waals surface area contributed by atoms with E-state index in [1.807, 2.05) is 31.7 Å². The summed E-state index contributed by atoms with van der Waals surface area (Å²) in [6.07, 6.45) is 5.54. The van der Waals surface area contributed by atoms with Gasteiger partial charge >= 0.3 is 6.09 Å². The predicted octanol–water partition coefficient (Wildman–Crippen LogP) is 4.55. The van der Waals surface area contributed by atoms with Crippen molar-refractivity contribution in [3.8, 4) is 0 Å². The van der Waals surface area contributed by atoms with Gasteiger partial charge in [-0.05, 0) is 75.3 Å². The molecule has 0 spiro atoms. The van der Waals surface area contributed by atoms with Crippen LogP contribution in [0.2, 0.25) is 0 Å². The van der Waals surface area contributed by atoms with Gasteiger partial charge in [-0.25, -0.2) is 9.18 Å². The number of fused-ring (bicyclic) bond motifs is 1. The Balaban J connectivity index is 1.70. The molecule has 0 aromatic heterocycles. The van der Waals surface area contributed by atoms with E-state index in [-0.39, 0.29) is 18.0 Å². The maximum atomic E-state index is 13.3. The fourth-order valence-electron chi connectivity index (χ4n) is 3.44. The molecule has 1 aliphatic heterocycles. The number of benzene rings is 1. The summed E-state index contributed by atoms with van der Waals surface area (Å²) in [6.45, 7) is 6.42. The van der Waals surface area contributed by atoms with Crippen LogP contribution in [0, 0.1) is 5.82 Å². The molecule has 0 bridgehead atoms. The van der Waals surface area contributed by atoms with E-state index in [1.165, 1.54) is 11.6 Å². The smallest absolute Gasteiger partial charge is 0.410 e. The molecule has 1 heterocycles. The van der Waals surface area contributed by atoms with Crippen LogP contribution in [0.1, 0.15) is 51.2 Å². The highest BCUT2D eigenvalue weighted by molar-refractivity contribution is 5.74. The zero-order chi connectivity index (χ0) is 16.6. The van der Waals surface area contributed by atoms with Crippen molar-refractivity contribution in [2.45, 2.75) is 58.1 Å². The molecule has 3 nitrogen and oxygen atoms in total. The zero-order valence-electron chi connectivity index (χ0n) is 14.1. The van der Waals surface area contributed by atoms with Gasteiger partial charge in [0, 0.05) is 12.6 Å². The minimum Gasteiger partial charge on any atom is -0.444 e. The molecule has 0 radical (unpaired) electrons. The molecule has 2 aliphatic rings. The van der Waals surface area contributed by atoms with E-state index in [4.69, 9.17) is 4.74 Å². The van der Waals surface area contributed by atoms with E-state index in [1.54, 1.807) is 6.07 Å². The van der Waals surface area contributed by atoms with Gasteiger partial charge in [0.15, 0.2) is 0 Å². The molecule has 1 amide bonds. The SMILES string of the molecule is CC(C)(C)OC(=O)N1CCC[C@H]1CC1=CCc2cc(F)ccc21. The fraction of sp³-hybridized carbons (Fsp3) is 0.526. The second kappa shape index (κ2) is 5.99. The maximum Gasteiger partial charge on any atom is 0.410 e. The number of hydrogen-bond acceptors (Lipinski definition) is 2. The van der Waals surface area contributed by atoms with Gasteiger partial charge in [-0.2, -0.15) is 0 Å². The first-order chi connectivity index (χ1) is 10.8. The van der Waals surface area contributed by atoms with Gasteiger partial charge in [0.2, 0.25) is 0 Å². The molecule has 1 aromatic rings. The van der Waals surface area contributed by atoms with Crippen LogP contribution in [0.3, 0.4) is 0 Å². The van der Waals surface area contributed by atoms with E-state index in [0.29, 0.717) is 0 Å². The standard InChI is InChI=1S/C19H24FNO2/c1-19(2,3)23-18(22)21-10-4-5-16(21)12-14-7-6-13-11-15(20)8-9-17(13)14/h7-9,11,16H,4-6,10,12H2,1-3H3/t16-/m0/s1. The van der Waals surface area contributed by atoms with E-state index in [9.17, 15) is 9.18 Å². The van der Waals surface area contributed by atoms with Crippen LogP contribution in [0.5, 0.6) is 0 Å². The molecule has 1 saturated heterocycles. The number of rotatable bonds is 2. The first-order valence-corrected chi connectivity index (χ1v) is 8.31.